The Hall–Kier alpha value is -1.19. The van der Waals surface area contributed by atoms with Gasteiger partial charge in [-0.25, -0.2) is 0 Å². The van der Waals surface area contributed by atoms with Gasteiger partial charge in [0.05, 0.1) is 7.11 Å². The third-order valence-corrected chi connectivity index (χ3v) is 1.86. The third kappa shape index (κ3) is 4.16. The molecule has 0 aliphatic heterocycles. The summed E-state index contributed by atoms with van der Waals surface area (Å²) >= 11 is 0. The summed E-state index contributed by atoms with van der Waals surface area (Å²) in [6, 6.07) is 0. The highest BCUT2D eigenvalue weighted by Gasteiger charge is 2.27. The maximum Gasteiger partial charge on any atom is 0.316 e. The van der Waals surface area contributed by atoms with Crippen molar-refractivity contribution in [3.05, 3.63) is 0 Å². The lowest BCUT2D eigenvalue weighted by atomic mass is 9.95. The summed E-state index contributed by atoms with van der Waals surface area (Å²) in [6.07, 6.45) is 0.933. The fourth-order valence-corrected chi connectivity index (χ4v) is 1.18. The van der Waals surface area contributed by atoms with E-state index in [4.69, 9.17) is 0 Å². The number of Topliss-reactive ketones (excluding diaryl/α,β-unsaturated/α-hetero) is 2. The molecule has 14 heavy (non-hydrogen) atoms. The maximum atomic E-state index is 11.4. The van der Waals surface area contributed by atoms with Crippen molar-refractivity contribution in [1.82, 2.24) is 0 Å². The predicted octanol–water partition coefficient (Wildman–Crippen LogP) is 1.12. The van der Waals surface area contributed by atoms with Gasteiger partial charge >= 0.3 is 5.97 Å². The number of hydrogen-bond donors (Lipinski definition) is 0. The first-order chi connectivity index (χ1) is 6.52. The molecule has 1 unspecified atom stereocenters. The Kier molecular flexibility index (Phi) is 5.76. The second-order valence-corrected chi connectivity index (χ2v) is 3.20. The summed E-state index contributed by atoms with van der Waals surface area (Å²) in [5.41, 5.74) is 0. The normalized spacial score (nSPS) is 11.9. The van der Waals surface area contributed by atoms with Crippen LogP contribution < -0.4 is 0 Å². The molecule has 0 aliphatic carbocycles. The first-order valence-corrected chi connectivity index (χ1v) is 4.62. The minimum atomic E-state index is -0.905. The summed E-state index contributed by atoms with van der Waals surface area (Å²) in [5.74, 6) is -1.91. The Morgan fingerprint density at radius 3 is 2.21 bits per heavy atom. The quantitative estimate of drug-likeness (QED) is 0.476. The molecule has 4 heteroatoms. The van der Waals surface area contributed by atoms with Crippen LogP contribution in [0.3, 0.4) is 0 Å². The van der Waals surface area contributed by atoms with Crippen LogP contribution in [0.2, 0.25) is 0 Å². The molecule has 0 aromatic rings. The molecule has 4 nitrogen and oxygen atoms in total. The van der Waals surface area contributed by atoms with Crippen LogP contribution in [0.15, 0.2) is 0 Å². The Morgan fingerprint density at radius 1 is 1.29 bits per heavy atom. The van der Waals surface area contributed by atoms with Crippen LogP contribution in [-0.2, 0) is 19.1 Å². The Balaban J connectivity index is 4.45. The van der Waals surface area contributed by atoms with E-state index >= 15 is 0 Å². The van der Waals surface area contributed by atoms with Crippen LogP contribution in [0.1, 0.15) is 33.1 Å². The summed E-state index contributed by atoms with van der Waals surface area (Å²) in [4.78, 5) is 33.4. The highest BCUT2D eigenvalue weighted by molar-refractivity contribution is 6.02. The second-order valence-electron chi connectivity index (χ2n) is 3.20. The van der Waals surface area contributed by atoms with E-state index in [0.29, 0.717) is 12.8 Å². The number of methoxy groups -OCH3 is 1. The molecule has 80 valence electrons. The van der Waals surface area contributed by atoms with E-state index in [1.807, 2.05) is 6.92 Å². The van der Waals surface area contributed by atoms with Crippen LogP contribution in [0.25, 0.3) is 0 Å². The summed E-state index contributed by atoms with van der Waals surface area (Å²) in [6.45, 7) is 3.20. The monoisotopic (exact) mass is 200 g/mol. The SMILES string of the molecule is CCCC(=O)C(CC(C)=O)C(=O)OC. The minimum absolute atomic E-state index is 0.0501. The second kappa shape index (κ2) is 6.29. The van der Waals surface area contributed by atoms with Crippen molar-refractivity contribution in [3.8, 4) is 0 Å². The number of hydrogen-bond acceptors (Lipinski definition) is 4. The summed E-state index contributed by atoms with van der Waals surface area (Å²) < 4.78 is 4.47. The molecule has 1 atom stereocenters. The Labute approximate surface area is 83.6 Å². The summed E-state index contributed by atoms with van der Waals surface area (Å²) in [7, 11) is 1.22. The molecular weight excluding hydrogens is 184 g/mol. The molecule has 0 heterocycles. The van der Waals surface area contributed by atoms with Gasteiger partial charge in [-0.1, -0.05) is 6.92 Å². The van der Waals surface area contributed by atoms with Crippen molar-refractivity contribution in [1.29, 1.82) is 0 Å². The van der Waals surface area contributed by atoms with Crippen LogP contribution in [-0.4, -0.2) is 24.6 Å². The maximum absolute atomic E-state index is 11.4. The molecule has 0 saturated heterocycles. The van der Waals surface area contributed by atoms with Gasteiger partial charge in [-0.3, -0.25) is 14.4 Å². The van der Waals surface area contributed by atoms with E-state index in [-0.39, 0.29) is 18.0 Å². The molecule has 0 aliphatic rings. The zero-order valence-corrected chi connectivity index (χ0v) is 8.83. The Bertz CT molecular complexity index is 232. The number of rotatable bonds is 6. The fourth-order valence-electron chi connectivity index (χ4n) is 1.18. The largest absolute Gasteiger partial charge is 0.468 e. The molecule has 0 amide bonds. The molecule has 0 aromatic heterocycles. The molecular formula is C10H16O4. The van der Waals surface area contributed by atoms with Crippen molar-refractivity contribution in [2.75, 3.05) is 7.11 Å². The van der Waals surface area contributed by atoms with Gasteiger partial charge in [0.25, 0.3) is 0 Å². The smallest absolute Gasteiger partial charge is 0.316 e. The van der Waals surface area contributed by atoms with Gasteiger partial charge in [0, 0.05) is 12.8 Å². The molecule has 0 saturated carbocycles. The summed E-state index contributed by atoms with van der Waals surface area (Å²) in [5, 5.41) is 0. The van der Waals surface area contributed by atoms with E-state index in [0.717, 1.165) is 0 Å². The van der Waals surface area contributed by atoms with Crippen LogP contribution >= 0.6 is 0 Å². The third-order valence-electron chi connectivity index (χ3n) is 1.86. The van der Waals surface area contributed by atoms with E-state index in [2.05, 4.69) is 4.74 Å². The highest BCUT2D eigenvalue weighted by atomic mass is 16.5. The predicted molar refractivity (Wildman–Crippen MR) is 50.7 cm³/mol. The molecule has 0 spiro atoms. The zero-order chi connectivity index (χ0) is 11.1. The van der Waals surface area contributed by atoms with Gasteiger partial charge in [0.1, 0.15) is 17.5 Å². The van der Waals surface area contributed by atoms with Crippen LogP contribution in [0.4, 0.5) is 0 Å². The number of carbonyl (C=O) groups excluding carboxylic acids is 3. The van der Waals surface area contributed by atoms with E-state index in [9.17, 15) is 14.4 Å². The molecule has 0 fully saturated rings. The zero-order valence-electron chi connectivity index (χ0n) is 8.83. The van der Waals surface area contributed by atoms with Gasteiger partial charge in [0.2, 0.25) is 0 Å². The molecule has 0 bridgehead atoms. The van der Waals surface area contributed by atoms with Crippen molar-refractivity contribution in [2.45, 2.75) is 33.1 Å². The molecule has 0 aromatic carbocycles. The standard InChI is InChI=1S/C10H16O4/c1-4-5-9(12)8(6-7(2)11)10(13)14-3/h8H,4-6H2,1-3H3. The highest BCUT2D eigenvalue weighted by Crippen LogP contribution is 2.11. The van der Waals surface area contributed by atoms with Crippen molar-refractivity contribution >= 4 is 17.5 Å². The van der Waals surface area contributed by atoms with Crippen molar-refractivity contribution in [3.63, 3.8) is 0 Å². The topological polar surface area (TPSA) is 60.4 Å². The van der Waals surface area contributed by atoms with Gasteiger partial charge in [-0.2, -0.15) is 0 Å². The molecule has 0 N–H and O–H groups in total. The Morgan fingerprint density at radius 2 is 1.86 bits per heavy atom. The average molecular weight is 200 g/mol. The van der Waals surface area contributed by atoms with Crippen LogP contribution in [0, 0.1) is 5.92 Å². The number of ether oxygens (including phenoxy) is 1. The average Bonchev–Trinajstić information content (AvgIpc) is 2.13. The van der Waals surface area contributed by atoms with Gasteiger partial charge in [-0.15, -0.1) is 0 Å². The molecule has 0 radical (unpaired) electrons. The van der Waals surface area contributed by atoms with E-state index in [1.54, 1.807) is 0 Å². The van der Waals surface area contributed by atoms with E-state index in [1.165, 1.54) is 14.0 Å². The number of carbonyl (C=O) groups is 3. The van der Waals surface area contributed by atoms with Gasteiger partial charge in [-0.05, 0) is 13.3 Å². The molecule has 0 rings (SSSR count). The minimum Gasteiger partial charge on any atom is -0.468 e. The number of ketones is 2. The lowest BCUT2D eigenvalue weighted by molar-refractivity contribution is -0.151. The van der Waals surface area contributed by atoms with Gasteiger partial charge < -0.3 is 4.74 Å². The lowest BCUT2D eigenvalue weighted by Gasteiger charge is -2.10. The van der Waals surface area contributed by atoms with E-state index < -0.39 is 11.9 Å². The number of esters is 1. The van der Waals surface area contributed by atoms with Crippen molar-refractivity contribution < 1.29 is 19.1 Å². The van der Waals surface area contributed by atoms with Gasteiger partial charge in [0.15, 0.2) is 0 Å². The lowest BCUT2D eigenvalue weighted by Crippen LogP contribution is -2.27. The first kappa shape index (κ1) is 12.8. The fraction of sp³-hybridized carbons (Fsp3) is 0.700. The van der Waals surface area contributed by atoms with Crippen LogP contribution in [0.5, 0.6) is 0 Å². The first-order valence-electron chi connectivity index (χ1n) is 4.62. The van der Waals surface area contributed by atoms with Crippen molar-refractivity contribution in [2.24, 2.45) is 5.92 Å².